The van der Waals surface area contributed by atoms with Crippen LogP contribution in [0.3, 0.4) is 0 Å². The molecule has 126 valence electrons. The van der Waals surface area contributed by atoms with Gasteiger partial charge in [-0.2, -0.15) is 0 Å². The monoisotopic (exact) mass is 334 g/mol. The number of H-pyrrole nitrogens is 1. The molecule has 0 amide bonds. The van der Waals surface area contributed by atoms with Gasteiger partial charge in [0.2, 0.25) is 0 Å². The van der Waals surface area contributed by atoms with Gasteiger partial charge in [0.1, 0.15) is 16.4 Å². The molecule has 0 bridgehead atoms. The predicted molar refractivity (Wildman–Crippen MR) is 98.1 cm³/mol. The first-order valence-electron chi connectivity index (χ1n) is 7.80. The van der Waals surface area contributed by atoms with Crippen molar-refractivity contribution in [3.63, 3.8) is 0 Å². The lowest BCUT2D eigenvalue weighted by Gasteiger charge is -2.01. The highest BCUT2D eigenvalue weighted by molar-refractivity contribution is 5.50. The topological polar surface area (TPSA) is 64.1 Å². The normalized spacial score (nSPS) is 12.4. The fourth-order valence-electron chi connectivity index (χ4n) is 2.52. The number of nitrogens with one attached hydrogen (secondary N) is 1. The first-order chi connectivity index (χ1) is 12.1. The summed E-state index contributed by atoms with van der Waals surface area (Å²) in [5.41, 5.74) is 1.08. The Labute approximate surface area is 144 Å². The van der Waals surface area contributed by atoms with E-state index in [0.717, 1.165) is 16.9 Å². The largest absolute Gasteiger partial charge is 0.497 e. The van der Waals surface area contributed by atoms with Crippen molar-refractivity contribution in [2.45, 2.75) is 0 Å². The molecular weight excluding hydrogens is 316 g/mol. The van der Waals surface area contributed by atoms with E-state index in [1.165, 1.54) is 4.57 Å². The van der Waals surface area contributed by atoms with Crippen LogP contribution in [0.4, 0.5) is 0 Å². The Morgan fingerprint density at radius 1 is 0.920 bits per heavy atom. The quantitative estimate of drug-likeness (QED) is 0.768. The SMILES string of the molecule is COc1ccc(C=c2[nH]c(=O)c(=Cc3ccccc3)n(C)c2=O)cc1. The summed E-state index contributed by atoms with van der Waals surface area (Å²) in [6, 6.07) is 16.6. The van der Waals surface area contributed by atoms with Crippen molar-refractivity contribution in [1.82, 2.24) is 9.55 Å². The molecule has 1 N–H and O–H groups in total. The number of hydrogen-bond acceptors (Lipinski definition) is 3. The molecule has 0 saturated heterocycles. The number of aromatic amines is 1. The van der Waals surface area contributed by atoms with Crippen molar-refractivity contribution in [2.75, 3.05) is 7.11 Å². The Bertz CT molecular complexity index is 1110. The van der Waals surface area contributed by atoms with Gasteiger partial charge in [-0.15, -0.1) is 0 Å². The summed E-state index contributed by atoms with van der Waals surface area (Å²) in [7, 11) is 3.19. The molecular formula is C20H18N2O3. The number of benzene rings is 2. The number of methoxy groups -OCH3 is 1. The Morgan fingerprint density at radius 2 is 1.56 bits per heavy atom. The third-order valence-corrected chi connectivity index (χ3v) is 3.91. The third-order valence-electron chi connectivity index (χ3n) is 3.91. The molecule has 25 heavy (non-hydrogen) atoms. The van der Waals surface area contributed by atoms with Crippen LogP contribution in [0, 0.1) is 0 Å². The lowest BCUT2D eigenvalue weighted by molar-refractivity contribution is 0.415. The molecule has 0 aliphatic carbocycles. The number of ether oxygens (including phenoxy) is 1. The highest BCUT2D eigenvalue weighted by atomic mass is 16.5. The zero-order valence-corrected chi connectivity index (χ0v) is 14.0. The van der Waals surface area contributed by atoms with Crippen molar-refractivity contribution in [1.29, 1.82) is 0 Å². The van der Waals surface area contributed by atoms with E-state index in [4.69, 9.17) is 4.74 Å². The van der Waals surface area contributed by atoms with Crippen molar-refractivity contribution in [2.24, 2.45) is 7.05 Å². The molecule has 3 rings (SSSR count). The molecule has 1 heterocycles. The average molecular weight is 334 g/mol. The van der Waals surface area contributed by atoms with Crippen molar-refractivity contribution in [3.05, 3.63) is 97.1 Å². The molecule has 0 radical (unpaired) electrons. The molecule has 1 aromatic heterocycles. The van der Waals surface area contributed by atoms with Gasteiger partial charge in [0.05, 0.1) is 7.11 Å². The first-order valence-corrected chi connectivity index (χ1v) is 7.80. The maximum atomic E-state index is 12.6. The van der Waals surface area contributed by atoms with Crippen LogP contribution in [0.25, 0.3) is 12.2 Å². The number of nitrogens with zero attached hydrogens (tertiary/aromatic N) is 1. The smallest absolute Gasteiger partial charge is 0.274 e. The number of hydrogen-bond donors (Lipinski definition) is 1. The maximum absolute atomic E-state index is 12.6. The molecule has 0 aliphatic rings. The third kappa shape index (κ3) is 3.61. The fraction of sp³-hybridized carbons (Fsp3) is 0.100. The summed E-state index contributed by atoms with van der Waals surface area (Å²) in [6.45, 7) is 0. The lowest BCUT2D eigenvalue weighted by atomic mass is 10.2. The minimum Gasteiger partial charge on any atom is -0.497 e. The van der Waals surface area contributed by atoms with E-state index in [-0.39, 0.29) is 16.5 Å². The first kappa shape index (κ1) is 16.5. The van der Waals surface area contributed by atoms with Gasteiger partial charge in [0, 0.05) is 7.05 Å². The summed E-state index contributed by atoms with van der Waals surface area (Å²) in [5.74, 6) is 0.728. The molecule has 0 unspecified atom stereocenters. The molecule has 2 aromatic carbocycles. The number of aromatic nitrogens is 2. The Kier molecular flexibility index (Phi) is 4.66. The van der Waals surface area contributed by atoms with Crippen molar-refractivity contribution in [3.8, 4) is 5.75 Å². The van der Waals surface area contributed by atoms with Crippen LogP contribution < -0.4 is 26.6 Å². The fourth-order valence-corrected chi connectivity index (χ4v) is 2.52. The molecule has 0 spiro atoms. The van der Waals surface area contributed by atoms with Crippen LogP contribution >= 0.6 is 0 Å². The van der Waals surface area contributed by atoms with Crippen LogP contribution in [0.1, 0.15) is 11.1 Å². The zero-order chi connectivity index (χ0) is 17.8. The molecule has 0 fully saturated rings. The molecule has 5 heteroatoms. The zero-order valence-electron chi connectivity index (χ0n) is 14.0. The van der Waals surface area contributed by atoms with E-state index in [1.54, 1.807) is 38.4 Å². The second kappa shape index (κ2) is 7.05. The highest BCUT2D eigenvalue weighted by Crippen LogP contribution is 2.11. The van der Waals surface area contributed by atoms with Gasteiger partial charge in [-0.1, -0.05) is 42.5 Å². The molecule has 5 nitrogen and oxygen atoms in total. The van der Waals surface area contributed by atoms with Crippen molar-refractivity contribution < 1.29 is 4.74 Å². The van der Waals surface area contributed by atoms with Crippen LogP contribution in [-0.4, -0.2) is 16.7 Å². The predicted octanol–water partition coefficient (Wildman–Crippen LogP) is 0.740. The Morgan fingerprint density at radius 3 is 2.20 bits per heavy atom. The summed E-state index contributed by atoms with van der Waals surface area (Å²) < 4.78 is 6.47. The second-order valence-corrected chi connectivity index (χ2v) is 5.59. The maximum Gasteiger partial charge on any atom is 0.274 e. The number of rotatable bonds is 3. The minimum atomic E-state index is -0.314. The van der Waals surface area contributed by atoms with E-state index in [2.05, 4.69) is 4.98 Å². The molecule has 3 aromatic rings. The van der Waals surface area contributed by atoms with E-state index >= 15 is 0 Å². The minimum absolute atomic E-state index is 0.239. The van der Waals surface area contributed by atoms with Crippen LogP contribution in [0.15, 0.2) is 64.2 Å². The molecule has 0 aliphatic heterocycles. The van der Waals surface area contributed by atoms with Gasteiger partial charge in [-0.25, -0.2) is 0 Å². The van der Waals surface area contributed by atoms with E-state index in [0.29, 0.717) is 5.35 Å². The van der Waals surface area contributed by atoms with Crippen LogP contribution in [0.2, 0.25) is 0 Å². The van der Waals surface area contributed by atoms with E-state index in [9.17, 15) is 9.59 Å². The van der Waals surface area contributed by atoms with Gasteiger partial charge in [-0.3, -0.25) is 9.59 Å². The van der Waals surface area contributed by atoms with E-state index < -0.39 is 0 Å². The van der Waals surface area contributed by atoms with Gasteiger partial charge < -0.3 is 14.3 Å². The van der Waals surface area contributed by atoms with Gasteiger partial charge >= 0.3 is 0 Å². The molecule has 0 saturated carbocycles. The lowest BCUT2D eigenvalue weighted by Crippen LogP contribution is -2.52. The summed E-state index contributed by atoms with van der Waals surface area (Å²) in [5, 5.41) is 0.547. The Balaban J connectivity index is 2.15. The van der Waals surface area contributed by atoms with Gasteiger partial charge in [0.15, 0.2) is 0 Å². The van der Waals surface area contributed by atoms with Crippen molar-refractivity contribution >= 4 is 12.2 Å². The summed E-state index contributed by atoms with van der Waals surface area (Å²) in [6.07, 6.45) is 3.34. The van der Waals surface area contributed by atoms with Gasteiger partial charge in [0.25, 0.3) is 11.1 Å². The highest BCUT2D eigenvalue weighted by Gasteiger charge is 2.01. The van der Waals surface area contributed by atoms with Crippen LogP contribution in [0.5, 0.6) is 5.75 Å². The van der Waals surface area contributed by atoms with E-state index in [1.807, 2.05) is 42.5 Å². The Hall–Kier alpha value is -3.34. The van der Waals surface area contributed by atoms with Gasteiger partial charge in [-0.05, 0) is 35.4 Å². The summed E-state index contributed by atoms with van der Waals surface area (Å²) >= 11 is 0. The summed E-state index contributed by atoms with van der Waals surface area (Å²) in [4.78, 5) is 27.7. The molecule has 0 atom stereocenters. The van der Waals surface area contributed by atoms with Crippen LogP contribution in [-0.2, 0) is 7.05 Å². The second-order valence-electron chi connectivity index (χ2n) is 5.59. The standard InChI is InChI=1S/C20H18N2O3/c1-22-18(13-14-6-4-3-5-7-14)19(23)21-17(20(22)24)12-15-8-10-16(25-2)11-9-15/h3-13H,1-2H3,(H,21,23). The average Bonchev–Trinajstić information content (AvgIpc) is 2.64.